The predicted octanol–water partition coefficient (Wildman–Crippen LogP) is 1.49. The third-order valence-corrected chi connectivity index (χ3v) is 6.29. The molecule has 1 aromatic carbocycles. The van der Waals surface area contributed by atoms with Crippen LogP contribution >= 0.6 is 0 Å². The van der Waals surface area contributed by atoms with Crippen molar-refractivity contribution < 1.29 is 26.4 Å². The first-order chi connectivity index (χ1) is 13.6. The van der Waals surface area contributed by atoms with Gasteiger partial charge in [-0.25, -0.2) is 13.6 Å². The molecule has 1 aromatic rings. The molecule has 2 fully saturated rings. The molecular weight excluding hydrogens is 409 g/mol. The van der Waals surface area contributed by atoms with Gasteiger partial charge in [0.2, 0.25) is 15.9 Å². The summed E-state index contributed by atoms with van der Waals surface area (Å²) in [5.74, 6) is 0.0617. The van der Waals surface area contributed by atoms with Crippen LogP contribution in [0, 0.1) is 0 Å². The fraction of sp³-hybridized carbons (Fsp3) is 0.611. The lowest BCUT2D eigenvalue weighted by atomic mass is 10.1. The maximum absolute atomic E-state index is 13.5. The average molecular weight is 434 g/mol. The van der Waals surface area contributed by atoms with Gasteiger partial charge in [0.05, 0.1) is 17.0 Å². The van der Waals surface area contributed by atoms with Gasteiger partial charge < -0.3 is 9.80 Å². The Bertz CT molecular complexity index is 846. The molecule has 0 unspecified atom stereocenters. The van der Waals surface area contributed by atoms with Gasteiger partial charge in [-0.05, 0) is 37.5 Å². The van der Waals surface area contributed by atoms with Crippen LogP contribution in [0.5, 0.6) is 0 Å². The first-order valence-electron chi connectivity index (χ1n) is 9.55. The highest BCUT2D eigenvalue weighted by Crippen LogP contribution is 2.38. The maximum atomic E-state index is 13.5. The van der Waals surface area contributed by atoms with E-state index in [2.05, 4.69) is 0 Å². The third-order valence-electron chi connectivity index (χ3n) is 5.38. The fourth-order valence-electron chi connectivity index (χ4n) is 3.78. The largest absolute Gasteiger partial charge is 0.418 e. The van der Waals surface area contributed by atoms with Crippen LogP contribution in [-0.4, -0.2) is 69.9 Å². The molecule has 11 heteroatoms. The van der Waals surface area contributed by atoms with Crippen LogP contribution in [0.3, 0.4) is 0 Å². The molecule has 2 saturated heterocycles. The Labute approximate surface area is 168 Å². The first-order valence-corrected chi connectivity index (χ1v) is 11.1. The number of halogens is 3. The summed E-state index contributed by atoms with van der Waals surface area (Å²) in [5, 5.41) is 4.97. The highest BCUT2D eigenvalue weighted by Gasteiger charge is 2.36. The lowest BCUT2D eigenvalue weighted by Gasteiger charge is -2.38. The maximum Gasteiger partial charge on any atom is 0.418 e. The average Bonchev–Trinajstić information content (AvgIpc) is 2.67. The van der Waals surface area contributed by atoms with Gasteiger partial charge in [-0.3, -0.25) is 9.69 Å². The Morgan fingerprint density at radius 1 is 1.00 bits per heavy atom. The van der Waals surface area contributed by atoms with E-state index in [4.69, 9.17) is 5.14 Å². The van der Waals surface area contributed by atoms with E-state index in [0.29, 0.717) is 32.2 Å². The summed E-state index contributed by atoms with van der Waals surface area (Å²) in [6.07, 6.45) is -1.56. The van der Waals surface area contributed by atoms with Crippen molar-refractivity contribution in [2.75, 3.05) is 50.7 Å². The van der Waals surface area contributed by atoms with Crippen molar-refractivity contribution in [2.45, 2.75) is 30.3 Å². The lowest BCUT2D eigenvalue weighted by Crippen LogP contribution is -2.51. The number of likely N-dealkylation sites (tertiary alicyclic amines) is 1. The number of rotatable bonds is 4. The number of piperazine rings is 1. The topological polar surface area (TPSA) is 87.0 Å². The molecule has 0 aliphatic carbocycles. The van der Waals surface area contributed by atoms with Crippen LogP contribution < -0.4 is 10.0 Å². The van der Waals surface area contributed by atoms with Crippen LogP contribution in [-0.2, 0) is 21.0 Å². The van der Waals surface area contributed by atoms with Crippen LogP contribution in [0.4, 0.5) is 18.9 Å². The molecule has 0 bridgehead atoms. The van der Waals surface area contributed by atoms with E-state index in [9.17, 15) is 26.4 Å². The third kappa shape index (κ3) is 5.40. The molecule has 0 radical (unpaired) electrons. The molecule has 0 atom stereocenters. The van der Waals surface area contributed by atoms with E-state index in [-0.39, 0.29) is 18.1 Å². The van der Waals surface area contributed by atoms with Gasteiger partial charge in [-0.15, -0.1) is 0 Å². The number of carbonyl (C=O) groups is 1. The summed E-state index contributed by atoms with van der Waals surface area (Å²) in [4.78, 5) is 17.2. The highest BCUT2D eigenvalue weighted by molar-refractivity contribution is 7.89. The minimum absolute atomic E-state index is 0.0617. The summed E-state index contributed by atoms with van der Waals surface area (Å²) in [6.45, 7) is 3.33. The van der Waals surface area contributed by atoms with Gasteiger partial charge in [-0.2, -0.15) is 13.2 Å². The van der Waals surface area contributed by atoms with Crippen molar-refractivity contribution in [2.24, 2.45) is 5.14 Å². The second-order valence-electron chi connectivity index (χ2n) is 7.43. The predicted molar refractivity (Wildman–Crippen MR) is 102 cm³/mol. The van der Waals surface area contributed by atoms with E-state index < -0.39 is 26.7 Å². The number of sulfonamides is 1. The van der Waals surface area contributed by atoms with Crippen molar-refractivity contribution >= 4 is 21.6 Å². The number of hydrogen-bond donors (Lipinski definition) is 1. The van der Waals surface area contributed by atoms with Crippen molar-refractivity contribution in [3.05, 3.63) is 23.8 Å². The molecule has 2 aliphatic heterocycles. The van der Waals surface area contributed by atoms with Gasteiger partial charge in [0.1, 0.15) is 0 Å². The number of hydrogen-bond acceptors (Lipinski definition) is 5. The van der Waals surface area contributed by atoms with Gasteiger partial charge in [0, 0.05) is 45.0 Å². The van der Waals surface area contributed by atoms with E-state index >= 15 is 0 Å². The molecule has 162 valence electrons. The van der Waals surface area contributed by atoms with Gasteiger partial charge in [-0.1, -0.05) is 0 Å². The zero-order valence-corrected chi connectivity index (χ0v) is 16.8. The molecule has 3 rings (SSSR count). The van der Waals surface area contributed by atoms with Crippen molar-refractivity contribution in [1.82, 2.24) is 9.80 Å². The van der Waals surface area contributed by atoms with Gasteiger partial charge in [0.15, 0.2) is 0 Å². The van der Waals surface area contributed by atoms with Gasteiger partial charge in [0.25, 0.3) is 0 Å². The Kier molecular flexibility index (Phi) is 6.39. The fourth-order valence-corrected chi connectivity index (χ4v) is 4.32. The summed E-state index contributed by atoms with van der Waals surface area (Å²) in [7, 11) is -4.24. The number of nitrogens with two attached hydrogens (primary N) is 1. The number of anilines is 1. The molecule has 29 heavy (non-hydrogen) atoms. The van der Waals surface area contributed by atoms with Gasteiger partial charge >= 0.3 is 6.18 Å². The SMILES string of the molecule is NS(=O)(=O)c1ccc(N2CCN(CC(=O)N3CCCCC3)CC2)c(C(F)(F)F)c1. The monoisotopic (exact) mass is 434 g/mol. The summed E-state index contributed by atoms with van der Waals surface area (Å²) < 4.78 is 63.4. The molecular formula is C18H25F3N4O3S. The standard InChI is InChI=1S/C18H25F3N4O3S/c19-18(20,21)15-12-14(29(22,27)28)4-5-16(15)24-10-8-23(9-11-24)13-17(26)25-6-2-1-3-7-25/h4-5,12H,1-3,6-11,13H2,(H2,22,27,28). The first kappa shape index (κ1) is 21.8. The molecule has 7 nitrogen and oxygen atoms in total. The minimum atomic E-state index is -4.71. The van der Waals surface area contributed by atoms with Crippen LogP contribution in [0.2, 0.25) is 0 Å². The molecule has 1 amide bonds. The Morgan fingerprint density at radius 2 is 1.62 bits per heavy atom. The Balaban J connectivity index is 1.68. The minimum Gasteiger partial charge on any atom is -0.368 e. The van der Waals surface area contributed by atoms with Crippen molar-refractivity contribution in [1.29, 1.82) is 0 Å². The number of alkyl halides is 3. The van der Waals surface area contributed by atoms with Crippen LogP contribution in [0.15, 0.2) is 23.1 Å². The number of amides is 1. The quantitative estimate of drug-likeness (QED) is 0.776. The van der Waals surface area contributed by atoms with E-state index in [1.54, 1.807) is 4.90 Å². The second-order valence-corrected chi connectivity index (χ2v) is 8.99. The molecule has 0 aromatic heterocycles. The van der Waals surface area contributed by atoms with E-state index in [1.807, 2.05) is 9.80 Å². The Morgan fingerprint density at radius 3 is 2.17 bits per heavy atom. The van der Waals surface area contributed by atoms with Crippen molar-refractivity contribution in [3.8, 4) is 0 Å². The zero-order chi connectivity index (χ0) is 21.2. The number of piperidine rings is 1. The zero-order valence-electron chi connectivity index (χ0n) is 16.0. The number of nitrogens with zero attached hydrogens (tertiary/aromatic N) is 3. The number of primary sulfonamides is 1. The normalized spacial score (nSPS) is 19.4. The summed E-state index contributed by atoms with van der Waals surface area (Å²) in [6, 6.07) is 2.82. The Hall–Kier alpha value is -1.85. The highest BCUT2D eigenvalue weighted by atomic mass is 32.2. The van der Waals surface area contributed by atoms with Crippen molar-refractivity contribution in [3.63, 3.8) is 0 Å². The van der Waals surface area contributed by atoms with E-state index in [1.165, 1.54) is 0 Å². The molecule has 0 spiro atoms. The molecule has 2 aliphatic rings. The summed E-state index contributed by atoms with van der Waals surface area (Å²) in [5.41, 5.74) is -1.10. The van der Waals surface area contributed by atoms with E-state index in [0.717, 1.165) is 44.5 Å². The number of benzene rings is 1. The van der Waals surface area contributed by atoms with Crippen LogP contribution in [0.25, 0.3) is 0 Å². The molecule has 2 heterocycles. The summed E-state index contributed by atoms with van der Waals surface area (Å²) >= 11 is 0. The smallest absolute Gasteiger partial charge is 0.368 e. The number of carbonyl (C=O) groups excluding carboxylic acids is 1. The second kappa shape index (κ2) is 8.49. The molecule has 0 saturated carbocycles. The lowest BCUT2D eigenvalue weighted by molar-refractivity contribution is -0.137. The van der Waals surface area contributed by atoms with Crippen LogP contribution in [0.1, 0.15) is 24.8 Å². The molecule has 2 N–H and O–H groups in total.